The fraction of sp³-hybridized carbons (Fsp3) is 0.769. The van der Waals surface area contributed by atoms with Crippen LogP contribution in [0.15, 0.2) is 12.4 Å². The van der Waals surface area contributed by atoms with Crippen LogP contribution in [0.4, 0.5) is 0 Å². The van der Waals surface area contributed by atoms with Gasteiger partial charge in [0.25, 0.3) is 0 Å². The van der Waals surface area contributed by atoms with Gasteiger partial charge in [-0.3, -0.25) is 0 Å². The van der Waals surface area contributed by atoms with Gasteiger partial charge in [0.05, 0.1) is 12.1 Å². The average Bonchev–Trinajstić information content (AvgIpc) is 2.78. The van der Waals surface area contributed by atoms with Crippen LogP contribution in [0.1, 0.15) is 45.5 Å². The van der Waals surface area contributed by atoms with Crippen molar-refractivity contribution in [1.82, 2.24) is 14.9 Å². The van der Waals surface area contributed by atoms with Crippen molar-refractivity contribution in [2.75, 3.05) is 13.7 Å². The molecule has 0 aliphatic rings. The number of nitrogens with zero attached hydrogens (tertiary/aromatic N) is 2. The molecule has 1 aromatic rings. The van der Waals surface area contributed by atoms with Crippen LogP contribution in [0, 0.1) is 0 Å². The van der Waals surface area contributed by atoms with E-state index in [0.29, 0.717) is 0 Å². The Morgan fingerprint density at radius 2 is 2.18 bits per heavy atom. The van der Waals surface area contributed by atoms with Crippen molar-refractivity contribution in [1.29, 1.82) is 0 Å². The zero-order valence-corrected chi connectivity index (χ0v) is 11.4. The fourth-order valence-corrected chi connectivity index (χ4v) is 1.93. The summed E-state index contributed by atoms with van der Waals surface area (Å²) in [5, 5.41) is 3.51. The molecule has 1 heterocycles. The van der Waals surface area contributed by atoms with E-state index < -0.39 is 0 Å². The third kappa shape index (κ3) is 3.82. The standard InChI is InChI=1S/C13H25N3O/c1-5-7-14-12(11(3)17-4)13-15-8-10-16(13)9-6-2/h8,10-12,14H,5-7,9H2,1-4H3. The molecule has 0 saturated heterocycles. The molecule has 0 spiro atoms. The Hall–Kier alpha value is -0.870. The first-order valence-electron chi connectivity index (χ1n) is 6.51. The normalized spacial score (nSPS) is 14.8. The molecule has 0 fully saturated rings. The lowest BCUT2D eigenvalue weighted by molar-refractivity contribution is 0.0788. The van der Waals surface area contributed by atoms with E-state index in [4.69, 9.17) is 4.74 Å². The van der Waals surface area contributed by atoms with Crippen LogP contribution < -0.4 is 5.32 Å². The van der Waals surface area contributed by atoms with Gasteiger partial charge in [-0.15, -0.1) is 0 Å². The van der Waals surface area contributed by atoms with Gasteiger partial charge in [-0.1, -0.05) is 13.8 Å². The van der Waals surface area contributed by atoms with Crippen LogP contribution in [-0.4, -0.2) is 29.3 Å². The van der Waals surface area contributed by atoms with Crippen LogP contribution in [0.25, 0.3) is 0 Å². The van der Waals surface area contributed by atoms with E-state index >= 15 is 0 Å². The zero-order chi connectivity index (χ0) is 12.7. The van der Waals surface area contributed by atoms with E-state index in [1.165, 1.54) is 0 Å². The van der Waals surface area contributed by atoms with Crippen molar-refractivity contribution < 1.29 is 4.74 Å². The monoisotopic (exact) mass is 239 g/mol. The molecule has 0 saturated carbocycles. The first-order chi connectivity index (χ1) is 8.24. The molecular formula is C13H25N3O. The van der Waals surface area contributed by atoms with Crippen LogP contribution in [0.3, 0.4) is 0 Å². The van der Waals surface area contributed by atoms with E-state index in [1.807, 2.05) is 12.4 Å². The molecule has 0 bridgehead atoms. The summed E-state index contributed by atoms with van der Waals surface area (Å²) in [6.45, 7) is 8.42. The minimum atomic E-state index is 0.125. The highest BCUT2D eigenvalue weighted by atomic mass is 16.5. The summed E-state index contributed by atoms with van der Waals surface area (Å²) < 4.78 is 7.66. The van der Waals surface area contributed by atoms with Gasteiger partial charge in [-0.25, -0.2) is 4.98 Å². The smallest absolute Gasteiger partial charge is 0.128 e. The number of aryl methyl sites for hydroxylation is 1. The summed E-state index contributed by atoms with van der Waals surface area (Å²) in [4.78, 5) is 4.48. The zero-order valence-electron chi connectivity index (χ0n) is 11.4. The summed E-state index contributed by atoms with van der Waals surface area (Å²) in [7, 11) is 1.75. The first kappa shape index (κ1) is 14.2. The Morgan fingerprint density at radius 1 is 1.41 bits per heavy atom. The Kier molecular flexibility index (Phi) is 6.22. The van der Waals surface area contributed by atoms with Gasteiger partial charge in [0, 0.05) is 26.0 Å². The van der Waals surface area contributed by atoms with Crippen molar-refractivity contribution >= 4 is 0 Å². The maximum atomic E-state index is 5.45. The molecular weight excluding hydrogens is 214 g/mol. The number of hydrogen-bond acceptors (Lipinski definition) is 3. The Labute approximate surface area is 104 Å². The van der Waals surface area contributed by atoms with Gasteiger partial charge in [0.1, 0.15) is 5.82 Å². The minimum Gasteiger partial charge on any atom is -0.380 e. The number of hydrogen-bond donors (Lipinski definition) is 1. The van der Waals surface area contributed by atoms with Crippen LogP contribution in [0.2, 0.25) is 0 Å². The maximum absolute atomic E-state index is 5.45. The van der Waals surface area contributed by atoms with E-state index in [2.05, 4.69) is 35.6 Å². The molecule has 4 nitrogen and oxygen atoms in total. The Morgan fingerprint density at radius 3 is 2.76 bits per heavy atom. The van der Waals surface area contributed by atoms with Crippen LogP contribution in [0.5, 0.6) is 0 Å². The molecule has 4 heteroatoms. The summed E-state index contributed by atoms with van der Waals surface area (Å²) in [6, 6.07) is 0.168. The second-order valence-corrected chi connectivity index (χ2v) is 4.35. The van der Waals surface area contributed by atoms with E-state index in [9.17, 15) is 0 Å². The predicted molar refractivity (Wildman–Crippen MR) is 70.0 cm³/mol. The number of nitrogens with one attached hydrogen (secondary N) is 1. The molecule has 0 amide bonds. The van der Waals surface area contributed by atoms with E-state index in [1.54, 1.807) is 7.11 Å². The van der Waals surface area contributed by atoms with Gasteiger partial charge in [-0.05, 0) is 26.3 Å². The van der Waals surface area contributed by atoms with Gasteiger partial charge in [0.15, 0.2) is 0 Å². The number of rotatable bonds is 8. The van der Waals surface area contributed by atoms with E-state index in [-0.39, 0.29) is 12.1 Å². The van der Waals surface area contributed by atoms with Crippen molar-refractivity contribution in [3.8, 4) is 0 Å². The van der Waals surface area contributed by atoms with E-state index in [0.717, 1.165) is 31.8 Å². The lowest BCUT2D eigenvalue weighted by Gasteiger charge is -2.24. The topological polar surface area (TPSA) is 39.1 Å². The largest absolute Gasteiger partial charge is 0.380 e. The quantitative estimate of drug-likeness (QED) is 0.757. The van der Waals surface area contributed by atoms with Gasteiger partial charge in [-0.2, -0.15) is 0 Å². The molecule has 1 aromatic heterocycles. The number of imidazole rings is 1. The van der Waals surface area contributed by atoms with Crippen molar-refractivity contribution in [2.24, 2.45) is 0 Å². The summed E-state index contributed by atoms with van der Waals surface area (Å²) >= 11 is 0. The summed E-state index contributed by atoms with van der Waals surface area (Å²) in [6.07, 6.45) is 6.27. The van der Waals surface area contributed by atoms with Crippen LogP contribution in [-0.2, 0) is 11.3 Å². The summed E-state index contributed by atoms with van der Waals surface area (Å²) in [5.41, 5.74) is 0. The van der Waals surface area contributed by atoms with Crippen molar-refractivity contribution in [2.45, 2.75) is 52.3 Å². The Balaban J connectivity index is 2.83. The van der Waals surface area contributed by atoms with Gasteiger partial charge >= 0.3 is 0 Å². The van der Waals surface area contributed by atoms with Crippen LogP contribution >= 0.6 is 0 Å². The molecule has 17 heavy (non-hydrogen) atoms. The van der Waals surface area contributed by atoms with Gasteiger partial charge in [0.2, 0.25) is 0 Å². The molecule has 0 aromatic carbocycles. The lowest BCUT2D eigenvalue weighted by Crippen LogP contribution is -2.34. The highest BCUT2D eigenvalue weighted by molar-refractivity contribution is 5.02. The molecule has 1 N–H and O–H groups in total. The average molecular weight is 239 g/mol. The highest BCUT2D eigenvalue weighted by Crippen LogP contribution is 2.17. The number of ether oxygens (including phenoxy) is 1. The molecule has 2 unspecified atom stereocenters. The minimum absolute atomic E-state index is 0.125. The highest BCUT2D eigenvalue weighted by Gasteiger charge is 2.22. The SMILES string of the molecule is CCCNC(c1nccn1CCC)C(C)OC. The van der Waals surface area contributed by atoms with Gasteiger partial charge < -0.3 is 14.6 Å². The molecule has 0 aliphatic heterocycles. The third-order valence-electron chi connectivity index (χ3n) is 2.95. The molecule has 1 rings (SSSR count). The van der Waals surface area contributed by atoms with Crippen molar-refractivity contribution in [3.63, 3.8) is 0 Å². The number of methoxy groups -OCH3 is 1. The molecule has 0 radical (unpaired) electrons. The molecule has 98 valence electrons. The Bertz CT molecular complexity index is 311. The molecule has 0 aliphatic carbocycles. The van der Waals surface area contributed by atoms with Crippen molar-refractivity contribution in [3.05, 3.63) is 18.2 Å². The second-order valence-electron chi connectivity index (χ2n) is 4.35. The first-order valence-corrected chi connectivity index (χ1v) is 6.51. The maximum Gasteiger partial charge on any atom is 0.128 e. The fourth-order valence-electron chi connectivity index (χ4n) is 1.93. The lowest BCUT2D eigenvalue weighted by atomic mass is 10.1. The molecule has 2 atom stereocenters. The second kappa shape index (κ2) is 7.45. The number of aromatic nitrogens is 2. The third-order valence-corrected chi connectivity index (χ3v) is 2.95. The predicted octanol–water partition coefficient (Wildman–Crippen LogP) is 2.37. The summed E-state index contributed by atoms with van der Waals surface area (Å²) in [5.74, 6) is 1.08.